The minimum absolute atomic E-state index is 0.129. The summed E-state index contributed by atoms with van der Waals surface area (Å²) in [5.74, 6) is 1.31. The number of pyridine rings is 1. The van der Waals surface area contributed by atoms with Gasteiger partial charge in [0.25, 0.3) is 5.56 Å². The van der Waals surface area contributed by atoms with E-state index < -0.39 is 25.6 Å². The van der Waals surface area contributed by atoms with E-state index in [0.717, 1.165) is 18.2 Å². The number of hydrogen-bond acceptors (Lipinski definition) is 1. The first-order valence-electron chi connectivity index (χ1n) is 7.90. The smallest absolute Gasteiger partial charge is 0.255 e. The quantitative estimate of drug-likeness (QED) is 0.429. The fourth-order valence-corrected chi connectivity index (χ4v) is 3.26. The highest BCUT2D eigenvalue weighted by molar-refractivity contribution is 6.83. The molecule has 0 fully saturated rings. The van der Waals surface area contributed by atoms with Crippen LogP contribution >= 0.6 is 11.6 Å². The molecular formula is C19H20ClF2NOSi. The topological polar surface area (TPSA) is 22.0 Å². The lowest BCUT2D eigenvalue weighted by atomic mass is 9.89. The molecule has 1 unspecified atom stereocenters. The van der Waals surface area contributed by atoms with Gasteiger partial charge < -0.3 is 4.57 Å². The van der Waals surface area contributed by atoms with Gasteiger partial charge in [0.15, 0.2) is 0 Å². The van der Waals surface area contributed by atoms with Crippen molar-refractivity contribution in [3.63, 3.8) is 0 Å². The van der Waals surface area contributed by atoms with E-state index in [9.17, 15) is 13.6 Å². The molecule has 0 saturated carbocycles. The maximum atomic E-state index is 14.3. The largest absolute Gasteiger partial charge is 0.302 e. The summed E-state index contributed by atoms with van der Waals surface area (Å²) >= 11 is 5.96. The molecule has 1 heterocycles. The van der Waals surface area contributed by atoms with Crippen molar-refractivity contribution < 1.29 is 8.78 Å². The zero-order chi connectivity index (χ0) is 18.8. The summed E-state index contributed by atoms with van der Waals surface area (Å²) in [5, 5.41) is 0.278. The molecule has 2 rings (SSSR count). The second kappa shape index (κ2) is 7.55. The monoisotopic (exact) mass is 379 g/mol. The van der Waals surface area contributed by atoms with Gasteiger partial charge in [0.1, 0.15) is 24.9 Å². The molecule has 1 atom stereocenters. The molecule has 0 aliphatic heterocycles. The van der Waals surface area contributed by atoms with Crippen LogP contribution in [0, 0.1) is 23.1 Å². The fourth-order valence-electron chi connectivity index (χ4n) is 2.48. The summed E-state index contributed by atoms with van der Waals surface area (Å²) in [6.07, 6.45) is 0.238. The van der Waals surface area contributed by atoms with Crippen molar-refractivity contribution in [2.45, 2.75) is 32.0 Å². The average Bonchev–Trinajstić information content (AvgIpc) is 2.52. The van der Waals surface area contributed by atoms with Gasteiger partial charge in [0, 0.05) is 24.9 Å². The summed E-state index contributed by atoms with van der Waals surface area (Å²) in [5.41, 5.74) is 3.35. The van der Waals surface area contributed by atoms with Crippen molar-refractivity contribution in [3.8, 4) is 11.5 Å². The Labute approximate surface area is 152 Å². The third-order valence-electron chi connectivity index (χ3n) is 3.75. The molecule has 0 aliphatic rings. The number of rotatable bonds is 3. The van der Waals surface area contributed by atoms with Gasteiger partial charge in [-0.2, -0.15) is 0 Å². The van der Waals surface area contributed by atoms with E-state index in [1.54, 1.807) is 19.2 Å². The summed E-state index contributed by atoms with van der Waals surface area (Å²) in [7, 11) is -0.0747. The van der Waals surface area contributed by atoms with Crippen LogP contribution in [0.2, 0.25) is 24.8 Å². The predicted molar refractivity (Wildman–Crippen MR) is 101 cm³/mol. The highest BCUT2D eigenvalue weighted by Gasteiger charge is 2.22. The Hall–Kier alpha value is -1.90. The Balaban J connectivity index is 2.60. The van der Waals surface area contributed by atoms with Crippen LogP contribution in [0.3, 0.4) is 0 Å². The van der Waals surface area contributed by atoms with Gasteiger partial charge in [-0.05, 0) is 35.9 Å². The van der Waals surface area contributed by atoms with Crippen LogP contribution in [0.15, 0.2) is 35.1 Å². The Bertz CT molecular complexity index is 906. The van der Waals surface area contributed by atoms with E-state index in [1.807, 2.05) is 0 Å². The number of aromatic nitrogens is 1. The molecule has 132 valence electrons. The minimum Gasteiger partial charge on any atom is -0.302 e. The molecule has 0 N–H and O–H groups in total. The third kappa shape index (κ3) is 4.81. The predicted octanol–water partition coefficient (Wildman–Crippen LogP) is 4.72. The molecule has 25 heavy (non-hydrogen) atoms. The van der Waals surface area contributed by atoms with Crippen LogP contribution in [-0.2, 0) is 7.05 Å². The van der Waals surface area contributed by atoms with Crippen LogP contribution in [0.1, 0.15) is 23.5 Å². The van der Waals surface area contributed by atoms with Crippen molar-refractivity contribution >= 4 is 19.7 Å². The SMILES string of the molecule is Cn1c(Cl)ccc(C(CC#C[Si](C)(C)C)c2cc(F)ccc2F)c1=O. The lowest BCUT2D eigenvalue weighted by Gasteiger charge is -2.17. The van der Waals surface area contributed by atoms with E-state index in [1.165, 1.54) is 4.57 Å². The van der Waals surface area contributed by atoms with Crippen molar-refractivity contribution in [1.82, 2.24) is 4.57 Å². The lowest BCUT2D eigenvalue weighted by Crippen LogP contribution is -2.24. The molecule has 2 nitrogen and oxygen atoms in total. The highest BCUT2D eigenvalue weighted by atomic mass is 35.5. The molecule has 0 bridgehead atoms. The molecule has 0 saturated heterocycles. The number of nitrogens with zero attached hydrogens (tertiary/aromatic N) is 1. The molecule has 0 aliphatic carbocycles. The van der Waals surface area contributed by atoms with Crippen LogP contribution in [0.4, 0.5) is 8.78 Å². The highest BCUT2D eigenvalue weighted by Crippen LogP contribution is 2.29. The molecule has 0 radical (unpaired) electrons. The average molecular weight is 380 g/mol. The molecule has 1 aromatic carbocycles. The maximum Gasteiger partial charge on any atom is 0.255 e. The lowest BCUT2D eigenvalue weighted by molar-refractivity contribution is 0.574. The fraction of sp³-hybridized carbons (Fsp3) is 0.316. The number of benzene rings is 1. The van der Waals surface area contributed by atoms with Gasteiger partial charge in [-0.1, -0.05) is 31.2 Å². The van der Waals surface area contributed by atoms with E-state index in [0.29, 0.717) is 5.56 Å². The van der Waals surface area contributed by atoms with Crippen molar-refractivity contribution in [2.75, 3.05) is 0 Å². The Kier molecular flexibility index (Phi) is 5.86. The third-order valence-corrected chi connectivity index (χ3v) is 5.06. The van der Waals surface area contributed by atoms with Gasteiger partial charge in [0.2, 0.25) is 0 Å². The summed E-state index contributed by atoms with van der Waals surface area (Å²) in [6.45, 7) is 6.29. The van der Waals surface area contributed by atoms with E-state index in [-0.39, 0.29) is 22.7 Å². The Morgan fingerprint density at radius 2 is 1.84 bits per heavy atom. The molecule has 1 aromatic heterocycles. The first kappa shape index (κ1) is 19.4. The van der Waals surface area contributed by atoms with Gasteiger partial charge in [-0.15, -0.1) is 11.5 Å². The molecule has 6 heteroatoms. The zero-order valence-electron chi connectivity index (χ0n) is 14.7. The maximum absolute atomic E-state index is 14.3. The molecular weight excluding hydrogens is 360 g/mol. The Morgan fingerprint density at radius 3 is 2.48 bits per heavy atom. The molecule has 0 spiro atoms. The summed E-state index contributed by atoms with van der Waals surface area (Å²) in [6, 6.07) is 6.40. The zero-order valence-corrected chi connectivity index (χ0v) is 16.4. The molecule has 2 aromatic rings. The summed E-state index contributed by atoms with van der Waals surface area (Å²) < 4.78 is 29.3. The van der Waals surface area contributed by atoms with E-state index >= 15 is 0 Å². The van der Waals surface area contributed by atoms with E-state index in [4.69, 9.17) is 11.6 Å². The number of halogens is 3. The summed E-state index contributed by atoms with van der Waals surface area (Å²) in [4.78, 5) is 12.6. The van der Waals surface area contributed by atoms with Gasteiger partial charge in [-0.3, -0.25) is 4.79 Å². The second-order valence-electron chi connectivity index (χ2n) is 6.95. The standard InChI is InChI=1S/C19H20ClF2NOSi/c1-23-18(20)10-8-15(19(23)24)14(6-5-11-25(2,3)4)16-12-13(21)7-9-17(16)22/h7-10,12,14H,6H2,1-4H3. The van der Waals surface area contributed by atoms with Crippen LogP contribution in [0.25, 0.3) is 0 Å². The molecule has 0 amide bonds. The van der Waals surface area contributed by atoms with Crippen LogP contribution in [-0.4, -0.2) is 12.6 Å². The first-order chi connectivity index (χ1) is 11.6. The number of hydrogen-bond donors (Lipinski definition) is 0. The minimum atomic E-state index is -1.62. The van der Waals surface area contributed by atoms with Gasteiger partial charge in [0.05, 0.1) is 0 Å². The van der Waals surface area contributed by atoms with Crippen LogP contribution < -0.4 is 5.56 Å². The van der Waals surface area contributed by atoms with Crippen molar-refractivity contribution in [1.29, 1.82) is 0 Å². The van der Waals surface area contributed by atoms with E-state index in [2.05, 4.69) is 31.1 Å². The Morgan fingerprint density at radius 1 is 1.16 bits per heavy atom. The van der Waals surface area contributed by atoms with Gasteiger partial charge >= 0.3 is 0 Å². The van der Waals surface area contributed by atoms with Crippen molar-refractivity contribution in [3.05, 3.63) is 68.6 Å². The first-order valence-corrected chi connectivity index (χ1v) is 11.8. The second-order valence-corrected chi connectivity index (χ2v) is 12.1. The van der Waals surface area contributed by atoms with Gasteiger partial charge in [-0.25, -0.2) is 8.78 Å². The van der Waals surface area contributed by atoms with Crippen molar-refractivity contribution in [2.24, 2.45) is 7.05 Å². The normalized spacial score (nSPS) is 12.4. The van der Waals surface area contributed by atoms with Crippen LogP contribution in [0.5, 0.6) is 0 Å².